The molecule has 134 valence electrons. The van der Waals surface area contributed by atoms with Gasteiger partial charge in [-0.15, -0.1) is 10.2 Å². The maximum absolute atomic E-state index is 14.4. The summed E-state index contributed by atoms with van der Waals surface area (Å²) >= 11 is 0. The summed E-state index contributed by atoms with van der Waals surface area (Å²) in [6.07, 6.45) is -1.03. The van der Waals surface area contributed by atoms with E-state index in [0.29, 0.717) is 16.6 Å². The molecule has 4 aromatic rings. The molecule has 0 bridgehead atoms. The Bertz CT molecular complexity index is 1120. The lowest BCUT2D eigenvalue weighted by Gasteiger charge is -2.07. The number of nitrogens with zero attached hydrogens (tertiary/aromatic N) is 6. The number of ether oxygens (including phenoxy) is 1. The maximum atomic E-state index is 14.4. The summed E-state index contributed by atoms with van der Waals surface area (Å²) in [6.45, 7) is -0.682. The van der Waals surface area contributed by atoms with E-state index in [9.17, 15) is 13.2 Å². The number of rotatable bonds is 4. The average Bonchev–Trinajstić information content (AvgIpc) is 3.18. The van der Waals surface area contributed by atoms with Crippen molar-refractivity contribution in [2.75, 3.05) is 12.8 Å². The third-order valence-electron chi connectivity index (χ3n) is 3.88. The fourth-order valence-electron chi connectivity index (χ4n) is 2.83. The molecule has 0 fully saturated rings. The zero-order valence-electron chi connectivity index (χ0n) is 13.4. The molecule has 0 aliphatic rings. The van der Waals surface area contributed by atoms with E-state index in [1.807, 2.05) is 0 Å². The normalized spacial score (nSPS) is 11.7. The number of halogens is 3. The first kappa shape index (κ1) is 16.1. The standard InChI is InChI=1S/C15H12F3N7O/c1-26-14-13-8(2-3-24(13)22-15(19)20-14)7-4-9(16)12-10(5-7)25(23-21-12)6-11(17)18/h2-5,11H,6H2,1H3,(H2,19,22). The summed E-state index contributed by atoms with van der Waals surface area (Å²) < 4.78 is 47.5. The highest BCUT2D eigenvalue weighted by atomic mass is 19.3. The van der Waals surface area contributed by atoms with E-state index in [-0.39, 0.29) is 22.9 Å². The summed E-state index contributed by atoms with van der Waals surface area (Å²) in [6, 6.07) is 4.45. The van der Waals surface area contributed by atoms with Crippen molar-refractivity contribution < 1.29 is 17.9 Å². The lowest BCUT2D eigenvalue weighted by atomic mass is 10.1. The molecule has 0 unspecified atom stereocenters. The van der Waals surface area contributed by atoms with E-state index in [2.05, 4.69) is 20.4 Å². The van der Waals surface area contributed by atoms with Crippen molar-refractivity contribution in [2.45, 2.75) is 13.0 Å². The Labute approximate surface area is 144 Å². The Hall–Kier alpha value is -3.37. The fraction of sp³-hybridized carbons (Fsp3) is 0.200. The van der Waals surface area contributed by atoms with Crippen LogP contribution < -0.4 is 10.5 Å². The number of fused-ring (bicyclic) bond motifs is 2. The largest absolute Gasteiger partial charge is 0.479 e. The third-order valence-corrected chi connectivity index (χ3v) is 3.88. The van der Waals surface area contributed by atoms with Gasteiger partial charge in [0.1, 0.15) is 17.6 Å². The summed E-state index contributed by atoms with van der Waals surface area (Å²) in [5, 5.41) is 11.3. The second-order valence-electron chi connectivity index (χ2n) is 5.49. The van der Waals surface area contributed by atoms with E-state index < -0.39 is 18.8 Å². The van der Waals surface area contributed by atoms with Gasteiger partial charge in [0, 0.05) is 11.8 Å². The smallest absolute Gasteiger partial charge is 0.258 e. The van der Waals surface area contributed by atoms with Crippen LogP contribution in [0.4, 0.5) is 19.1 Å². The molecule has 0 saturated carbocycles. The molecule has 0 aliphatic heterocycles. The van der Waals surface area contributed by atoms with E-state index in [4.69, 9.17) is 10.5 Å². The highest BCUT2D eigenvalue weighted by Crippen LogP contribution is 2.33. The van der Waals surface area contributed by atoms with E-state index in [1.165, 1.54) is 23.8 Å². The number of alkyl halides is 2. The van der Waals surface area contributed by atoms with E-state index >= 15 is 0 Å². The molecule has 11 heteroatoms. The topological polar surface area (TPSA) is 96.2 Å². The Morgan fingerprint density at radius 3 is 2.85 bits per heavy atom. The quantitative estimate of drug-likeness (QED) is 0.597. The van der Waals surface area contributed by atoms with Gasteiger partial charge in [-0.1, -0.05) is 5.21 Å². The predicted molar refractivity (Wildman–Crippen MR) is 86.4 cm³/mol. The molecule has 0 saturated heterocycles. The van der Waals surface area contributed by atoms with E-state index in [0.717, 1.165) is 4.68 Å². The minimum Gasteiger partial charge on any atom is -0.479 e. The van der Waals surface area contributed by atoms with Gasteiger partial charge in [-0.25, -0.2) is 22.4 Å². The van der Waals surface area contributed by atoms with Gasteiger partial charge < -0.3 is 10.5 Å². The van der Waals surface area contributed by atoms with Crippen LogP contribution in [0.5, 0.6) is 5.88 Å². The number of hydrogen-bond acceptors (Lipinski definition) is 6. The molecule has 8 nitrogen and oxygen atoms in total. The summed E-state index contributed by atoms with van der Waals surface area (Å²) in [5.74, 6) is -0.456. The zero-order chi connectivity index (χ0) is 18.4. The van der Waals surface area contributed by atoms with Gasteiger partial charge >= 0.3 is 0 Å². The average molecular weight is 363 g/mol. The van der Waals surface area contributed by atoms with Gasteiger partial charge in [0.25, 0.3) is 6.43 Å². The van der Waals surface area contributed by atoms with Crippen molar-refractivity contribution in [3.8, 4) is 17.0 Å². The molecule has 26 heavy (non-hydrogen) atoms. The van der Waals surface area contributed by atoms with Crippen LogP contribution in [0.25, 0.3) is 27.7 Å². The molecule has 0 radical (unpaired) electrons. The second-order valence-corrected chi connectivity index (χ2v) is 5.49. The first-order valence-electron chi connectivity index (χ1n) is 7.48. The molecule has 0 amide bonds. The van der Waals surface area contributed by atoms with Crippen LogP contribution in [0, 0.1) is 5.82 Å². The minimum absolute atomic E-state index is 0.0114. The summed E-state index contributed by atoms with van der Waals surface area (Å²) in [5.41, 5.74) is 7.14. The number of hydrogen-bond donors (Lipinski definition) is 1. The number of nitrogens with two attached hydrogens (primary N) is 1. The number of aromatic nitrogens is 6. The van der Waals surface area contributed by atoms with Crippen LogP contribution in [0.2, 0.25) is 0 Å². The molecular formula is C15H12F3N7O. The number of methoxy groups -OCH3 is 1. The van der Waals surface area contributed by atoms with Gasteiger partial charge in [-0.2, -0.15) is 4.98 Å². The molecule has 3 heterocycles. The highest BCUT2D eigenvalue weighted by molar-refractivity contribution is 5.89. The van der Waals surface area contributed by atoms with Crippen molar-refractivity contribution in [2.24, 2.45) is 0 Å². The Morgan fingerprint density at radius 1 is 1.31 bits per heavy atom. The van der Waals surface area contributed by atoms with Gasteiger partial charge in [0.2, 0.25) is 11.8 Å². The van der Waals surface area contributed by atoms with E-state index in [1.54, 1.807) is 12.3 Å². The third kappa shape index (κ3) is 2.48. The Morgan fingerprint density at radius 2 is 2.12 bits per heavy atom. The number of benzene rings is 1. The van der Waals surface area contributed by atoms with Crippen molar-refractivity contribution in [3.05, 3.63) is 30.2 Å². The van der Waals surface area contributed by atoms with Crippen molar-refractivity contribution in [3.63, 3.8) is 0 Å². The summed E-state index contributed by atoms with van der Waals surface area (Å²) in [4.78, 5) is 4.01. The molecular weight excluding hydrogens is 351 g/mol. The molecule has 1 aromatic carbocycles. The molecule has 2 N–H and O–H groups in total. The van der Waals surface area contributed by atoms with Crippen LogP contribution >= 0.6 is 0 Å². The predicted octanol–water partition coefficient (Wildman–Crippen LogP) is 2.14. The van der Waals surface area contributed by atoms with Crippen LogP contribution in [0.1, 0.15) is 0 Å². The first-order chi connectivity index (χ1) is 12.5. The van der Waals surface area contributed by atoms with Crippen LogP contribution in [-0.4, -0.2) is 43.1 Å². The van der Waals surface area contributed by atoms with Gasteiger partial charge in [0.15, 0.2) is 5.82 Å². The second kappa shape index (κ2) is 5.86. The van der Waals surface area contributed by atoms with Crippen molar-refractivity contribution >= 4 is 22.5 Å². The molecule has 0 spiro atoms. The Kier molecular flexibility index (Phi) is 3.63. The highest BCUT2D eigenvalue weighted by Gasteiger charge is 2.18. The first-order valence-corrected chi connectivity index (χ1v) is 7.48. The van der Waals surface area contributed by atoms with Crippen LogP contribution in [0.15, 0.2) is 24.4 Å². The SMILES string of the molecule is COc1nc(N)nn2ccc(-c3cc(F)c4nnn(CC(F)F)c4c3)c12. The maximum Gasteiger partial charge on any atom is 0.258 e. The minimum atomic E-state index is -2.64. The van der Waals surface area contributed by atoms with Gasteiger partial charge in [0.05, 0.1) is 12.6 Å². The fourth-order valence-corrected chi connectivity index (χ4v) is 2.83. The van der Waals surface area contributed by atoms with Crippen LogP contribution in [-0.2, 0) is 6.54 Å². The van der Waals surface area contributed by atoms with Gasteiger partial charge in [-0.05, 0) is 23.8 Å². The molecule has 0 aliphatic carbocycles. The van der Waals surface area contributed by atoms with Crippen molar-refractivity contribution in [1.82, 2.24) is 29.6 Å². The van der Waals surface area contributed by atoms with Gasteiger partial charge in [-0.3, -0.25) is 0 Å². The Balaban J connectivity index is 1.96. The van der Waals surface area contributed by atoms with Crippen LogP contribution in [0.3, 0.4) is 0 Å². The summed E-state index contributed by atoms with van der Waals surface area (Å²) in [7, 11) is 1.42. The monoisotopic (exact) mass is 363 g/mol. The lowest BCUT2D eigenvalue weighted by Crippen LogP contribution is -2.08. The zero-order valence-corrected chi connectivity index (χ0v) is 13.4. The number of nitrogen functional groups attached to an aromatic ring is 1. The lowest BCUT2D eigenvalue weighted by molar-refractivity contribution is 0.122. The van der Waals surface area contributed by atoms with Crippen molar-refractivity contribution in [1.29, 1.82) is 0 Å². The molecule has 4 rings (SSSR count). The molecule has 3 aromatic heterocycles. The number of anilines is 1. The molecule has 0 atom stereocenters.